The molecule has 2 aliphatic carbocycles. The number of halogens is 1. The molecular formula is C20H28ClN. The summed E-state index contributed by atoms with van der Waals surface area (Å²) in [4.78, 5) is 0. The predicted octanol–water partition coefficient (Wildman–Crippen LogP) is 2.18. The summed E-state index contributed by atoms with van der Waals surface area (Å²) >= 11 is 0. The average molecular weight is 318 g/mol. The lowest BCUT2D eigenvalue weighted by Crippen LogP contribution is -3.00. The van der Waals surface area contributed by atoms with Gasteiger partial charge in [0.05, 0.1) is 0 Å². The quantitative estimate of drug-likeness (QED) is 0.464. The number of aromatic nitrogens is 1. The van der Waals surface area contributed by atoms with Crippen LogP contribution in [-0.4, -0.2) is 0 Å². The molecular weight excluding hydrogens is 290 g/mol. The summed E-state index contributed by atoms with van der Waals surface area (Å²) in [5.74, 6) is 0. The Morgan fingerprint density at radius 3 is 1.95 bits per heavy atom. The van der Waals surface area contributed by atoms with Gasteiger partial charge in [-0.25, -0.2) is 4.57 Å². The van der Waals surface area contributed by atoms with Crippen LogP contribution in [0.3, 0.4) is 0 Å². The van der Waals surface area contributed by atoms with Crippen molar-refractivity contribution in [1.29, 1.82) is 0 Å². The van der Waals surface area contributed by atoms with Crippen LogP contribution in [0.1, 0.15) is 51.6 Å². The van der Waals surface area contributed by atoms with E-state index in [4.69, 9.17) is 0 Å². The van der Waals surface area contributed by atoms with Crippen molar-refractivity contribution in [2.24, 2.45) is 0 Å². The average Bonchev–Trinajstić information content (AvgIpc) is 2.50. The Bertz CT molecular complexity index is 513. The Morgan fingerprint density at radius 2 is 1.45 bits per heavy atom. The molecule has 0 aliphatic heterocycles. The molecule has 0 unspecified atom stereocenters. The summed E-state index contributed by atoms with van der Waals surface area (Å²) in [6, 6.07) is 15.0. The van der Waals surface area contributed by atoms with Crippen molar-refractivity contribution >= 4 is 0 Å². The molecule has 1 nitrogen and oxygen atoms in total. The number of pyridine rings is 1. The maximum Gasteiger partial charge on any atom is 0.181 e. The van der Waals surface area contributed by atoms with E-state index in [1.54, 1.807) is 0 Å². The third-order valence-corrected chi connectivity index (χ3v) is 4.01. The summed E-state index contributed by atoms with van der Waals surface area (Å²) < 4.78 is 2.42. The van der Waals surface area contributed by atoms with Crippen LogP contribution in [0.25, 0.3) is 11.1 Å². The third kappa shape index (κ3) is 5.46. The molecule has 2 heteroatoms. The fourth-order valence-corrected chi connectivity index (χ4v) is 2.58. The van der Waals surface area contributed by atoms with E-state index in [0.29, 0.717) is 0 Å². The lowest BCUT2D eigenvalue weighted by atomic mass is 9.95. The van der Waals surface area contributed by atoms with E-state index in [1.807, 2.05) is 0 Å². The number of benzene rings is 1. The zero-order valence-corrected chi connectivity index (χ0v) is 14.6. The monoisotopic (exact) mass is 317 g/mol. The van der Waals surface area contributed by atoms with E-state index in [-0.39, 0.29) is 12.4 Å². The van der Waals surface area contributed by atoms with Crippen molar-refractivity contribution in [1.82, 2.24) is 0 Å². The van der Waals surface area contributed by atoms with Crippen LogP contribution in [0.2, 0.25) is 0 Å². The van der Waals surface area contributed by atoms with Crippen molar-refractivity contribution in [3.63, 3.8) is 0 Å². The van der Waals surface area contributed by atoms with Gasteiger partial charge in [0, 0.05) is 25.0 Å². The van der Waals surface area contributed by atoms with E-state index >= 15 is 0 Å². The van der Waals surface area contributed by atoms with Crippen LogP contribution >= 0.6 is 0 Å². The Morgan fingerprint density at radius 1 is 0.773 bits per heavy atom. The molecule has 0 saturated carbocycles. The molecule has 1 aromatic rings. The fraction of sp³-hybridized carbons (Fsp3) is 0.450. The molecule has 3 rings (SSSR count). The minimum atomic E-state index is 0. The molecule has 0 radical (unpaired) electrons. The number of hydrogen-bond donors (Lipinski definition) is 0. The second-order valence-electron chi connectivity index (χ2n) is 5.77. The number of hydrogen-bond acceptors (Lipinski definition) is 0. The molecule has 1 aromatic heterocycles. The van der Waals surface area contributed by atoms with E-state index in [1.165, 1.54) is 61.9 Å². The van der Waals surface area contributed by atoms with Crippen molar-refractivity contribution in [2.45, 2.75) is 58.9 Å². The Labute approximate surface area is 141 Å². The number of rotatable bonds is 7. The molecule has 0 amide bonds. The molecule has 1 heterocycles. The number of unbranched alkanes of at least 4 members (excludes halogenated alkanes) is 3. The van der Waals surface area contributed by atoms with Gasteiger partial charge in [0.25, 0.3) is 0 Å². The maximum absolute atomic E-state index is 2.42. The highest BCUT2D eigenvalue weighted by Gasteiger charge is 2.07. The first-order chi connectivity index (χ1) is 10.3. The first-order valence-corrected chi connectivity index (χ1v) is 8.43. The molecule has 0 saturated heterocycles. The summed E-state index contributed by atoms with van der Waals surface area (Å²) in [5, 5.41) is 0. The third-order valence-electron chi connectivity index (χ3n) is 4.01. The number of nitrogens with zero attached hydrogens (tertiary/aromatic N) is 1. The van der Waals surface area contributed by atoms with Crippen molar-refractivity contribution in [3.8, 4) is 11.1 Å². The van der Waals surface area contributed by atoms with Gasteiger partial charge in [0.1, 0.15) is 6.54 Å². The van der Waals surface area contributed by atoms with Gasteiger partial charge in [-0.1, -0.05) is 57.0 Å². The van der Waals surface area contributed by atoms with Gasteiger partial charge >= 0.3 is 0 Å². The first-order valence-electron chi connectivity index (χ1n) is 8.43. The largest absolute Gasteiger partial charge is 1.00 e. The SMILES string of the molecule is CCCCCC[n+]1ccccc1CCC.[Cl-].c1cc2ccc1-2. The Hall–Kier alpha value is -1.34. The van der Waals surface area contributed by atoms with E-state index in [9.17, 15) is 0 Å². The Kier molecular flexibility index (Phi) is 8.84. The summed E-state index contributed by atoms with van der Waals surface area (Å²) in [7, 11) is 0. The Balaban J connectivity index is 0.000000284. The van der Waals surface area contributed by atoms with Gasteiger partial charge in [-0.15, -0.1) is 0 Å². The van der Waals surface area contributed by atoms with Gasteiger partial charge in [-0.05, 0) is 24.0 Å². The molecule has 120 valence electrons. The van der Waals surface area contributed by atoms with Crippen LogP contribution in [0, 0.1) is 0 Å². The summed E-state index contributed by atoms with van der Waals surface area (Å²) in [6.45, 7) is 5.70. The lowest BCUT2D eigenvalue weighted by molar-refractivity contribution is -0.704. The maximum atomic E-state index is 2.42. The minimum Gasteiger partial charge on any atom is -1.00 e. The zero-order valence-electron chi connectivity index (χ0n) is 13.9. The van der Waals surface area contributed by atoms with Crippen molar-refractivity contribution < 1.29 is 17.0 Å². The lowest BCUT2D eigenvalue weighted by Gasteiger charge is -2.10. The minimum absolute atomic E-state index is 0. The van der Waals surface area contributed by atoms with E-state index in [0.717, 1.165) is 0 Å². The van der Waals surface area contributed by atoms with Gasteiger partial charge in [-0.3, -0.25) is 0 Å². The summed E-state index contributed by atoms with van der Waals surface area (Å²) in [6.07, 6.45) is 10.0. The first kappa shape index (κ1) is 18.7. The molecule has 0 spiro atoms. The second-order valence-corrected chi connectivity index (χ2v) is 5.77. The fourth-order valence-electron chi connectivity index (χ4n) is 2.58. The summed E-state index contributed by atoms with van der Waals surface area (Å²) in [5.41, 5.74) is 4.33. The van der Waals surface area contributed by atoms with Crippen LogP contribution in [-0.2, 0) is 13.0 Å². The van der Waals surface area contributed by atoms with Gasteiger partial charge in [-0.2, -0.15) is 0 Å². The van der Waals surface area contributed by atoms with Crippen LogP contribution in [0.15, 0.2) is 48.7 Å². The smallest absolute Gasteiger partial charge is 0.181 e. The highest BCUT2D eigenvalue weighted by molar-refractivity contribution is 5.75. The molecule has 2 aliphatic rings. The molecule has 0 fully saturated rings. The zero-order chi connectivity index (χ0) is 14.9. The molecule has 22 heavy (non-hydrogen) atoms. The van der Waals surface area contributed by atoms with E-state index in [2.05, 4.69) is 67.1 Å². The van der Waals surface area contributed by atoms with Crippen LogP contribution < -0.4 is 17.0 Å². The highest BCUT2D eigenvalue weighted by Crippen LogP contribution is 2.29. The molecule has 0 aromatic carbocycles. The van der Waals surface area contributed by atoms with E-state index < -0.39 is 0 Å². The topological polar surface area (TPSA) is 3.88 Å². The highest BCUT2D eigenvalue weighted by atomic mass is 35.5. The van der Waals surface area contributed by atoms with Gasteiger partial charge in [0.15, 0.2) is 11.9 Å². The second kappa shape index (κ2) is 10.4. The molecule has 0 N–H and O–H groups in total. The van der Waals surface area contributed by atoms with Gasteiger partial charge in [0.2, 0.25) is 0 Å². The normalized spacial score (nSPS) is 10.3. The number of aryl methyl sites for hydroxylation is 2. The predicted molar refractivity (Wildman–Crippen MR) is 90.2 cm³/mol. The van der Waals surface area contributed by atoms with Crippen LogP contribution in [0.5, 0.6) is 0 Å². The van der Waals surface area contributed by atoms with Crippen LogP contribution in [0.4, 0.5) is 0 Å². The van der Waals surface area contributed by atoms with Gasteiger partial charge < -0.3 is 12.4 Å². The van der Waals surface area contributed by atoms with Crippen molar-refractivity contribution in [3.05, 3.63) is 54.4 Å². The molecule has 0 bridgehead atoms. The standard InChI is InChI=1S/C14H24N.C6H4.ClH/c1-3-5-6-8-12-15-13-9-7-11-14(15)10-4-2;1-2-6-4-3-5(1)6;/h7,9,11,13H,3-6,8,10,12H2,1-2H3;1-4H;1H/q+1;;/p-1. The molecule has 0 atom stereocenters. The van der Waals surface area contributed by atoms with Crippen molar-refractivity contribution in [2.75, 3.05) is 0 Å². The number of fused-ring (bicyclic) bond motifs is 1.